The molecule has 0 N–H and O–H groups in total. The van der Waals surface area contributed by atoms with Crippen LogP contribution in [0.3, 0.4) is 0 Å². The van der Waals surface area contributed by atoms with Gasteiger partial charge in [-0.05, 0) is 44.1 Å². The number of hydrogen-bond donors (Lipinski definition) is 0. The van der Waals surface area contributed by atoms with Gasteiger partial charge in [-0.1, -0.05) is 18.7 Å². The van der Waals surface area contributed by atoms with Gasteiger partial charge in [0.1, 0.15) is 18.2 Å². The Morgan fingerprint density at radius 2 is 2.12 bits per heavy atom. The fourth-order valence-corrected chi connectivity index (χ4v) is 6.49. The summed E-state index contributed by atoms with van der Waals surface area (Å²) in [6, 6.07) is 9.12. The maximum Gasteiger partial charge on any atom is 0.318 e. The number of anilines is 1. The van der Waals surface area contributed by atoms with Crippen LogP contribution in [0.25, 0.3) is 0 Å². The Balaban J connectivity index is 1.26. The summed E-state index contributed by atoms with van der Waals surface area (Å²) in [6.07, 6.45) is 4.82. The van der Waals surface area contributed by atoms with Crippen molar-refractivity contribution in [3.8, 4) is 17.8 Å². The number of benzene rings is 1. The third-order valence-corrected chi connectivity index (χ3v) is 8.68. The number of carbonyl (C=O) groups excluding carboxylic acids is 1. The molecule has 4 aliphatic rings. The molecule has 2 unspecified atom stereocenters. The van der Waals surface area contributed by atoms with Crippen molar-refractivity contribution in [2.45, 2.75) is 57.4 Å². The largest absolute Gasteiger partial charge is 0.493 e. The minimum Gasteiger partial charge on any atom is -0.493 e. The number of nitriles is 1. The van der Waals surface area contributed by atoms with Gasteiger partial charge in [0.25, 0.3) is 0 Å². The molecule has 2 saturated heterocycles. The van der Waals surface area contributed by atoms with Gasteiger partial charge >= 0.3 is 6.01 Å². The van der Waals surface area contributed by atoms with Crippen molar-refractivity contribution in [1.29, 1.82) is 5.26 Å². The highest BCUT2D eigenvalue weighted by molar-refractivity contribution is 5.87. The van der Waals surface area contributed by atoms with Crippen LogP contribution in [0, 0.1) is 11.3 Å². The van der Waals surface area contributed by atoms with Crippen LogP contribution in [0.2, 0.25) is 0 Å². The van der Waals surface area contributed by atoms with E-state index in [4.69, 9.17) is 19.4 Å². The third-order valence-electron chi connectivity index (χ3n) is 8.68. The summed E-state index contributed by atoms with van der Waals surface area (Å²) in [5, 5.41) is 9.49. The number of amides is 1. The summed E-state index contributed by atoms with van der Waals surface area (Å²) < 4.78 is 12.0. The molecule has 2 atom stereocenters. The van der Waals surface area contributed by atoms with Gasteiger partial charge < -0.3 is 24.2 Å². The van der Waals surface area contributed by atoms with Gasteiger partial charge in [-0.25, -0.2) is 0 Å². The van der Waals surface area contributed by atoms with Gasteiger partial charge in [-0.15, -0.1) is 0 Å². The van der Waals surface area contributed by atoms with Gasteiger partial charge in [0, 0.05) is 62.9 Å². The van der Waals surface area contributed by atoms with Crippen molar-refractivity contribution in [2.75, 3.05) is 51.3 Å². The fraction of sp³-hybridized carbons (Fsp3) is 0.533. The summed E-state index contributed by atoms with van der Waals surface area (Å²) in [6.45, 7) is 9.96. The molecule has 10 heteroatoms. The highest BCUT2D eigenvalue weighted by Gasteiger charge is 2.34. The molecular formula is C30H37N7O3. The number of carbonyl (C=O) groups is 1. The van der Waals surface area contributed by atoms with Crippen LogP contribution in [-0.4, -0.2) is 89.1 Å². The molecule has 0 spiro atoms. The average molecular weight is 544 g/mol. The summed E-state index contributed by atoms with van der Waals surface area (Å²) in [5.41, 5.74) is 4.69. The molecular weight excluding hydrogens is 506 g/mol. The standard InChI is InChI=1S/C30H37N7O3/c1-3-28(38)37-14-13-36(17-22(37)9-11-31)29-25-18-35(16-21-6-4-8-27-24(21)10-15-39-27)19-26(25)32-30(33-29)40-20-23-7-5-12-34(23)2/h3-4,6,8,22-23H,1,5,7,9-10,12-20H2,2H3. The highest BCUT2D eigenvalue weighted by atomic mass is 16.5. The lowest BCUT2D eigenvalue weighted by Gasteiger charge is -2.41. The first-order chi connectivity index (χ1) is 19.5. The molecule has 2 aromatic rings. The molecule has 6 rings (SSSR count). The molecule has 210 valence electrons. The van der Waals surface area contributed by atoms with E-state index in [9.17, 15) is 10.1 Å². The van der Waals surface area contributed by atoms with Crippen LogP contribution in [0.5, 0.6) is 11.8 Å². The molecule has 5 heterocycles. The molecule has 4 aliphatic heterocycles. The van der Waals surface area contributed by atoms with E-state index in [2.05, 4.69) is 46.5 Å². The summed E-state index contributed by atoms with van der Waals surface area (Å²) in [4.78, 5) is 31.0. The second-order valence-electron chi connectivity index (χ2n) is 11.2. The average Bonchev–Trinajstić information content (AvgIpc) is 3.71. The predicted molar refractivity (Wildman–Crippen MR) is 150 cm³/mol. The van der Waals surface area contributed by atoms with Crippen LogP contribution < -0.4 is 14.4 Å². The van der Waals surface area contributed by atoms with Crippen molar-refractivity contribution in [3.63, 3.8) is 0 Å². The number of ether oxygens (including phenoxy) is 2. The number of likely N-dealkylation sites (N-methyl/N-ethyl adjacent to an activating group) is 1. The van der Waals surface area contributed by atoms with Crippen LogP contribution in [-0.2, 0) is 30.8 Å². The van der Waals surface area contributed by atoms with Crippen LogP contribution in [0.4, 0.5) is 5.82 Å². The Morgan fingerprint density at radius 3 is 2.92 bits per heavy atom. The molecule has 40 heavy (non-hydrogen) atoms. The van der Waals surface area contributed by atoms with Crippen LogP contribution in [0.15, 0.2) is 30.9 Å². The van der Waals surface area contributed by atoms with Gasteiger partial charge in [0.2, 0.25) is 5.91 Å². The lowest BCUT2D eigenvalue weighted by atomic mass is 10.0. The SMILES string of the molecule is C=CC(=O)N1CCN(c2nc(OCC3CCCN3C)nc3c2CN(Cc2cccc4c2CCO4)C3)CC1CC#N. The lowest BCUT2D eigenvalue weighted by Crippen LogP contribution is -2.55. The van der Waals surface area contributed by atoms with Crippen LogP contribution in [0.1, 0.15) is 41.6 Å². The molecule has 2 fully saturated rings. The van der Waals surface area contributed by atoms with Gasteiger partial charge in [-0.3, -0.25) is 9.69 Å². The van der Waals surface area contributed by atoms with Crippen molar-refractivity contribution in [2.24, 2.45) is 0 Å². The monoisotopic (exact) mass is 543 g/mol. The first-order valence-corrected chi connectivity index (χ1v) is 14.3. The van der Waals surface area contributed by atoms with Gasteiger partial charge in [-0.2, -0.15) is 15.2 Å². The van der Waals surface area contributed by atoms with E-state index >= 15 is 0 Å². The molecule has 0 bridgehead atoms. The molecule has 0 aliphatic carbocycles. The molecule has 0 saturated carbocycles. The van der Waals surface area contributed by atoms with Crippen molar-refractivity contribution >= 4 is 11.7 Å². The Hall–Kier alpha value is -3.68. The minimum absolute atomic E-state index is 0.136. The zero-order chi connectivity index (χ0) is 27.6. The maximum atomic E-state index is 12.5. The zero-order valence-electron chi connectivity index (χ0n) is 23.2. The van der Waals surface area contributed by atoms with Gasteiger partial charge in [0.15, 0.2) is 0 Å². The third kappa shape index (κ3) is 5.23. The summed E-state index contributed by atoms with van der Waals surface area (Å²) in [5.74, 6) is 1.72. The zero-order valence-corrected chi connectivity index (χ0v) is 23.2. The second kappa shape index (κ2) is 11.4. The van der Waals surface area contributed by atoms with E-state index in [-0.39, 0.29) is 18.4 Å². The predicted octanol–water partition coefficient (Wildman–Crippen LogP) is 2.52. The Morgan fingerprint density at radius 1 is 1.23 bits per heavy atom. The topological polar surface area (TPSA) is 98.1 Å². The van der Waals surface area contributed by atoms with E-state index in [1.807, 2.05) is 6.07 Å². The lowest BCUT2D eigenvalue weighted by molar-refractivity contribution is -0.128. The molecule has 1 aromatic carbocycles. The molecule has 10 nitrogen and oxygen atoms in total. The highest BCUT2D eigenvalue weighted by Crippen LogP contribution is 2.35. The summed E-state index contributed by atoms with van der Waals surface area (Å²) >= 11 is 0. The van der Waals surface area contributed by atoms with E-state index < -0.39 is 0 Å². The number of fused-ring (bicyclic) bond motifs is 2. The van der Waals surface area contributed by atoms with E-state index in [0.29, 0.717) is 44.8 Å². The number of nitrogens with zero attached hydrogens (tertiary/aromatic N) is 7. The smallest absolute Gasteiger partial charge is 0.318 e. The Bertz CT molecular complexity index is 1330. The number of hydrogen-bond acceptors (Lipinski definition) is 9. The number of piperazine rings is 1. The Kier molecular flexibility index (Phi) is 7.59. The first kappa shape index (κ1) is 26.5. The Labute approximate surface area is 235 Å². The van der Waals surface area contributed by atoms with Crippen molar-refractivity contribution in [3.05, 3.63) is 53.2 Å². The number of rotatable bonds is 8. The minimum atomic E-state index is -0.226. The van der Waals surface area contributed by atoms with Crippen molar-refractivity contribution in [1.82, 2.24) is 24.7 Å². The molecule has 0 radical (unpaired) electrons. The normalized spacial score (nSPS) is 22.5. The fourth-order valence-electron chi connectivity index (χ4n) is 6.49. The molecule has 1 amide bonds. The second-order valence-corrected chi connectivity index (χ2v) is 11.2. The maximum absolute atomic E-state index is 12.5. The summed E-state index contributed by atoms with van der Waals surface area (Å²) in [7, 11) is 2.14. The van der Waals surface area contributed by atoms with Crippen molar-refractivity contribution < 1.29 is 14.3 Å². The van der Waals surface area contributed by atoms with E-state index in [1.54, 1.807) is 4.90 Å². The van der Waals surface area contributed by atoms with E-state index in [1.165, 1.54) is 23.6 Å². The van der Waals surface area contributed by atoms with E-state index in [0.717, 1.165) is 61.9 Å². The molecule has 1 aromatic heterocycles. The number of aromatic nitrogens is 2. The van der Waals surface area contributed by atoms with Crippen LogP contribution >= 0.6 is 0 Å². The first-order valence-electron chi connectivity index (χ1n) is 14.3. The number of likely N-dealkylation sites (tertiary alicyclic amines) is 1. The quantitative estimate of drug-likeness (QED) is 0.465. The van der Waals surface area contributed by atoms with Gasteiger partial charge in [0.05, 0.1) is 30.8 Å².